The van der Waals surface area contributed by atoms with E-state index in [9.17, 15) is 9.59 Å². The Morgan fingerprint density at radius 1 is 1.21 bits per heavy atom. The molecule has 1 saturated carbocycles. The number of likely N-dealkylation sites (N-methyl/N-ethyl adjacent to an activating group) is 1. The van der Waals surface area contributed by atoms with Gasteiger partial charge in [-0.05, 0) is 50.1 Å². The van der Waals surface area contributed by atoms with Crippen LogP contribution in [0.4, 0.5) is 0 Å². The summed E-state index contributed by atoms with van der Waals surface area (Å²) >= 11 is 0. The molecule has 0 aromatic heterocycles. The fourth-order valence-corrected chi connectivity index (χ4v) is 3.49. The van der Waals surface area contributed by atoms with Gasteiger partial charge < -0.3 is 10.6 Å². The SMILES string of the molecule is CNC(=O)[C@@H](Cc1ccccc1)N1CCC[C@H]1C(=O)NCC1CC1. The largest absolute Gasteiger partial charge is 0.358 e. The highest BCUT2D eigenvalue weighted by Crippen LogP contribution is 2.28. The molecule has 0 spiro atoms. The summed E-state index contributed by atoms with van der Waals surface area (Å²) in [4.78, 5) is 27.1. The van der Waals surface area contributed by atoms with Gasteiger partial charge in [-0.2, -0.15) is 0 Å². The summed E-state index contributed by atoms with van der Waals surface area (Å²) in [6.45, 7) is 1.58. The Balaban J connectivity index is 1.69. The lowest BCUT2D eigenvalue weighted by atomic mass is 10.0. The van der Waals surface area contributed by atoms with Gasteiger partial charge in [-0.15, -0.1) is 0 Å². The maximum Gasteiger partial charge on any atom is 0.237 e. The van der Waals surface area contributed by atoms with Crippen molar-refractivity contribution >= 4 is 11.8 Å². The van der Waals surface area contributed by atoms with E-state index in [1.54, 1.807) is 7.05 Å². The first kappa shape index (κ1) is 17.0. The number of likely N-dealkylation sites (tertiary alicyclic amines) is 1. The lowest BCUT2D eigenvalue weighted by Gasteiger charge is -2.31. The first-order valence-corrected chi connectivity index (χ1v) is 8.98. The van der Waals surface area contributed by atoms with E-state index in [-0.39, 0.29) is 23.9 Å². The molecule has 5 nitrogen and oxygen atoms in total. The Kier molecular flexibility index (Phi) is 5.51. The molecule has 3 rings (SSSR count). The van der Waals surface area contributed by atoms with E-state index in [1.165, 1.54) is 12.8 Å². The second-order valence-electron chi connectivity index (χ2n) is 6.90. The van der Waals surface area contributed by atoms with Crippen LogP contribution in [-0.4, -0.2) is 48.9 Å². The van der Waals surface area contributed by atoms with Crippen molar-refractivity contribution in [1.82, 2.24) is 15.5 Å². The number of hydrogen-bond donors (Lipinski definition) is 2. The summed E-state index contributed by atoms with van der Waals surface area (Å²) in [6, 6.07) is 9.54. The van der Waals surface area contributed by atoms with E-state index in [0.717, 1.165) is 31.5 Å². The van der Waals surface area contributed by atoms with Crippen molar-refractivity contribution in [3.8, 4) is 0 Å². The average molecular weight is 329 g/mol. The van der Waals surface area contributed by atoms with Crippen LogP contribution in [0.5, 0.6) is 0 Å². The lowest BCUT2D eigenvalue weighted by Crippen LogP contribution is -2.53. The van der Waals surface area contributed by atoms with Crippen LogP contribution >= 0.6 is 0 Å². The van der Waals surface area contributed by atoms with E-state index in [4.69, 9.17) is 0 Å². The minimum Gasteiger partial charge on any atom is -0.358 e. The Labute approximate surface area is 143 Å². The standard InChI is InChI=1S/C19H27N3O2/c1-20-18(23)17(12-14-6-3-2-4-7-14)22-11-5-8-16(22)19(24)21-13-15-9-10-15/h2-4,6-7,15-17H,5,8-13H2,1H3,(H,20,23)(H,21,24)/t16-,17+/m0/s1. The predicted octanol–water partition coefficient (Wildman–Crippen LogP) is 1.33. The molecule has 2 aliphatic rings. The van der Waals surface area contributed by atoms with E-state index >= 15 is 0 Å². The number of nitrogens with one attached hydrogen (secondary N) is 2. The Morgan fingerprint density at radius 3 is 2.62 bits per heavy atom. The zero-order valence-corrected chi connectivity index (χ0v) is 14.3. The van der Waals surface area contributed by atoms with Gasteiger partial charge in [0.2, 0.25) is 11.8 Å². The molecule has 1 heterocycles. The zero-order chi connectivity index (χ0) is 16.9. The highest BCUT2D eigenvalue weighted by atomic mass is 16.2. The number of benzene rings is 1. The van der Waals surface area contributed by atoms with Gasteiger partial charge in [0.15, 0.2) is 0 Å². The zero-order valence-electron chi connectivity index (χ0n) is 14.3. The summed E-state index contributed by atoms with van der Waals surface area (Å²) in [5, 5.41) is 5.85. The summed E-state index contributed by atoms with van der Waals surface area (Å²) in [5.74, 6) is 0.741. The molecular weight excluding hydrogens is 302 g/mol. The molecule has 1 saturated heterocycles. The number of rotatable bonds is 7. The fourth-order valence-electron chi connectivity index (χ4n) is 3.49. The molecule has 2 amide bonds. The molecule has 0 unspecified atom stereocenters. The molecule has 24 heavy (non-hydrogen) atoms. The van der Waals surface area contributed by atoms with Crippen LogP contribution in [-0.2, 0) is 16.0 Å². The van der Waals surface area contributed by atoms with Crippen molar-refractivity contribution in [2.24, 2.45) is 5.92 Å². The van der Waals surface area contributed by atoms with Crippen LogP contribution in [0.2, 0.25) is 0 Å². The van der Waals surface area contributed by atoms with Crippen molar-refractivity contribution in [1.29, 1.82) is 0 Å². The first-order chi connectivity index (χ1) is 11.7. The monoisotopic (exact) mass is 329 g/mol. The number of nitrogens with zero attached hydrogens (tertiary/aromatic N) is 1. The number of amides is 2. The van der Waals surface area contributed by atoms with Crippen LogP contribution in [0.1, 0.15) is 31.2 Å². The lowest BCUT2D eigenvalue weighted by molar-refractivity contribution is -0.131. The van der Waals surface area contributed by atoms with Crippen molar-refractivity contribution in [3.05, 3.63) is 35.9 Å². The maximum atomic E-state index is 12.6. The fraction of sp³-hybridized carbons (Fsp3) is 0.579. The third-order valence-electron chi connectivity index (χ3n) is 5.08. The van der Waals surface area contributed by atoms with Crippen molar-refractivity contribution in [2.75, 3.05) is 20.1 Å². The molecule has 1 aromatic rings. The van der Waals surface area contributed by atoms with Gasteiger partial charge in [-0.1, -0.05) is 30.3 Å². The minimum absolute atomic E-state index is 0.0132. The first-order valence-electron chi connectivity index (χ1n) is 8.98. The third kappa shape index (κ3) is 4.15. The van der Waals surface area contributed by atoms with Gasteiger partial charge in [0.05, 0.1) is 12.1 Å². The van der Waals surface area contributed by atoms with Crippen LogP contribution in [0.3, 0.4) is 0 Å². The molecule has 2 atom stereocenters. The molecule has 1 aliphatic heterocycles. The summed E-state index contributed by atoms with van der Waals surface area (Å²) in [6.07, 6.45) is 4.88. The Morgan fingerprint density at radius 2 is 1.96 bits per heavy atom. The van der Waals surface area contributed by atoms with E-state index in [2.05, 4.69) is 15.5 Å². The van der Waals surface area contributed by atoms with E-state index in [0.29, 0.717) is 12.3 Å². The van der Waals surface area contributed by atoms with E-state index < -0.39 is 0 Å². The molecule has 0 bridgehead atoms. The summed E-state index contributed by atoms with van der Waals surface area (Å²) in [7, 11) is 1.67. The quantitative estimate of drug-likeness (QED) is 0.793. The van der Waals surface area contributed by atoms with Gasteiger partial charge in [0.25, 0.3) is 0 Å². The van der Waals surface area contributed by atoms with Crippen molar-refractivity contribution < 1.29 is 9.59 Å². The van der Waals surface area contributed by atoms with Gasteiger partial charge >= 0.3 is 0 Å². The molecular formula is C19H27N3O2. The average Bonchev–Trinajstić information content (AvgIpc) is 3.32. The molecule has 2 N–H and O–H groups in total. The second-order valence-corrected chi connectivity index (χ2v) is 6.90. The smallest absolute Gasteiger partial charge is 0.237 e. The normalized spacial score (nSPS) is 22.1. The molecule has 1 aliphatic carbocycles. The number of carbonyl (C=O) groups is 2. The van der Waals surface area contributed by atoms with Gasteiger partial charge in [0.1, 0.15) is 0 Å². The highest BCUT2D eigenvalue weighted by molar-refractivity contribution is 5.85. The van der Waals surface area contributed by atoms with Crippen LogP contribution in [0, 0.1) is 5.92 Å². The molecule has 1 aromatic carbocycles. The van der Waals surface area contributed by atoms with Crippen LogP contribution < -0.4 is 10.6 Å². The molecule has 2 fully saturated rings. The second kappa shape index (κ2) is 7.79. The molecule has 130 valence electrons. The maximum absolute atomic E-state index is 12.6. The molecule has 5 heteroatoms. The topological polar surface area (TPSA) is 61.4 Å². The highest BCUT2D eigenvalue weighted by Gasteiger charge is 2.38. The predicted molar refractivity (Wildman–Crippen MR) is 93.5 cm³/mol. The van der Waals surface area contributed by atoms with Gasteiger partial charge in [0, 0.05) is 13.6 Å². The van der Waals surface area contributed by atoms with E-state index in [1.807, 2.05) is 30.3 Å². The summed E-state index contributed by atoms with van der Waals surface area (Å²) < 4.78 is 0. The number of hydrogen-bond acceptors (Lipinski definition) is 3. The van der Waals surface area contributed by atoms with Crippen LogP contribution in [0.15, 0.2) is 30.3 Å². The summed E-state index contributed by atoms with van der Waals surface area (Å²) in [5.41, 5.74) is 1.12. The Bertz CT molecular complexity index is 571. The van der Waals surface area contributed by atoms with Crippen molar-refractivity contribution in [3.63, 3.8) is 0 Å². The van der Waals surface area contributed by atoms with Crippen LogP contribution in [0.25, 0.3) is 0 Å². The number of carbonyl (C=O) groups excluding carboxylic acids is 2. The molecule has 0 radical (unpaired) electrons. The third-order valence-corrected chi connectivity index (χ3v) is 5.08. The van der Waals surface area contributed by atoms with Gasteiger partial charge in [-0.25, -0.2) is 0 Å². The Hall–Kier alpha value is -1.88. The minimum atomic E-state index is -0.295. The van der Waals surface area contributed by atoms with Gasteiger partial charge in [-0.3, -0.25) is 14.5 Å². The van der Waals surface area contributed by atoms with Crippen molar-refractivity contribution in [2.45, 2.75) is 44.2 Å².